The lowest BCUT2D eigenvalue weighted by Crippen LogP contribution is -2.47. The second-order valence-electron chi connectivity index (χ2n) is 5.80. The van der Waals surface area contributed by atoms with Gasteiger partial charge in [0.25, 0.3) is 0 Å². The molecule has 20 heavy (non-hydrogen) atoms. The van der Waals surface area contributed by atoms with Crippen molar-refractivity contribution in [2.75, 3.05) is 37.3 Å². The lowest BCUT2D eigenvalue weighted by molar-refractivity contribution is -0.383. The van der Waals surface area contributed by atoms with Crippen LogP contribution in [0.4, 0.5) is 17.1 Å². The lowest BCUT2D eigenvalue weighted by Gasteiger charge is -2.38. The average Bonchev–Trinajstić information content (AvgIpc) is 2.79. The van der Waals surface area contributed by atoms with E-state index >= 15 is 0 Å². The number of fused-ring (bicyclic) bond motifs is 1. The molecule has 2 atom stereocenters. The van der Waals surface area contributed by atoms with Crippen molar-refractivity contribution >= 4 is 17.1 Å². The van der Waals surface area contributed by atoms with Crippen LogP contribution < -0.4 is 10.6 Å². The maximum absolute atomic E-state index is 11.3. The monoisotopic (exact) mass is 276 g/mol. The standard InChI is InChI=1S/C14H20N4O2/c1-16-7-5-10-6-8-17(9-13(10)16)12-4-2-3-11(15)14(12)18(19)20/h2-4,10,13H,5-9,15H2,1H3. The van der Waals surface area contributed by atoms with E-state index in [9.17, 15) is 10.1 Å². The molecule has 0 radical (unpaired) electrons. The van der Waals surface area contributed by atoms with Gasteiger partial charge in [0.15, 0.2) is 0 Å². The number of para-hydroxylation sites is 1. The molecule has 1 aromatic carbocycles. The third-order valence-corrected chi connectivity index (χ3v) is 4.71. The van der Waals surface area contributed by atoms with Crippen molar-refractivity contribution in [1.29, 1.82) is 0 Å². The first-order chi connectivity index (χ1) is 9.58. The van der Waals surface area contributed by atoms with Crippen molar-refractivity contribution in [3.8, 4) is 0 Å². The SMILES string of the molecule is CN1CCC2CCN(c3cccc(N)c3[N+](=O)[O-])CC21. The molecule has 108 valence electrons. The second kappa shape index (κ2) is 4.94. The number of nitrogen functional groups attached to an aromatic ring is 1. The van der Waals surface area contributed by atoms with Crippen LogP contribution in [0.25, 0.3) is 0 Å². The van der Waals surface area contributed by atoms with E-state index in [0.29, 0.717) is 11.7 Å². The molecule has 2 aliphatic heterocycles. The van der Waals surface area contributed by atoms with Gasteiger partial charge in [0, 0.05) is 19.1 Å². The number of benzene rings is 1. The molecule has 0 amide bonds. The fourth-order valence-corrected chi connectivity index (χ4v) is 3.57. The van der Waals surface area contributed by atoms with Gasteiger partial charge in [0.05, 0.1) is 4.92 Å². The molecule has 1 aromatic rings. The van der Waals surface area contributed by atoms with E-state index in [1.165, 1.54) is 6.42 Å². The first-order valence-corrected chi connectivity index (χ1v) is 7.06. The highest BCUT2D eigenvalue weighted by Crippen LogP contribution is 2.38. The summed E-state index contributed by atoms with van der Waals surface area (Å²) in [6.45, 7) is 2.85. The third-order valence-electron chi connectivity index (χ3n) is 4.71. The minimum Gasteiger partial charge on any atom is -0.393 e. The zero-order valence-electron chi connectivity index (χ0n) is 11.7. The summed E-state index contributed by atoms with van der Waals surface area (Å²) < 4.78 is 0. The Labute approximate surface area is 118 Å². The fourth-order valence-electron chi connectivity index (χ4n) is 3.57. The van der Waals surface area contributed by atoms with Gasteiger partial charge in [-0.15, -0.1) is 0 Å². The number of rotatable bonds is 2. The highest BCUT2D eigenvalue weighted by Gasteiger charge is 2.38. The fraction of sp³-hybridized carbons (Fsp3) is 0.571. The molecule has 2 unspecified atom stereocenters. The second-order valence-corrected chi connectivity index (χ2v) is 5.80. The van der Waals surface area contributed by atoms with Crippen LogP contribution in [0.1, 0.15) is 12.8 Å². The number of nitrogens with two attached hydrogens (primary N) is 1. The van der Waals surface area contributed by atoms with E-state index in [1.807, 2.05) is 6.07 Å². The van der Waals surface area contributed by atoms with Crippen LogP contribution in [0.3, 0.4) is 0 Å². The molecule has 3 rings (SSSR count). The van der Waals surface area contributed by atoms with E-state index in [1.54, 1.807) is 12.1 Å². The summed E-state index contributed by atoms with van der Waals surface area (Å²) in [4.78, 5) is 15.4. The van der Waals surface area contributed by atoms with E-state index in [-0.39, 0.29) is 16.3 Å². The van der Waals surface area contributed by atoms with Gasteiger partial charge < -0.3 is 15.5 Å². The Bertz CT molecular complexity index is 534. The van der Waals surface area contributed by atoms with Gasteiger partial charge in [0.2, 0.25) is 0 Å². The predicted octanol–water partition coefficient (Wildman–Crippen LogP) is 1.71. The Morgan fingerprint density at radius 1 is 1.35 bits per heavy atom. The quantitative estimate of drug-likeness (QED) is 0.505. The molecule has 6 heteroatoms. The third kappa shape index (κ3) is 2.10. The van der Waals surface area contributed by atoms with Crippen LogP contribution in [0.5, 0.6) is 0 Å². The highest BCUT2D eigenvalue weighted by molar-refractivity contribution is 5.75. The Balaban J connectivity index is 1.90. The summed E-state index contributed by atoms with van der Waals surface area (Å²) in [5.41, 5.74) is 6.74. The molecular formula is C14H20N4O2. The molecule has 2 aliphatic rings. The Morgan fingerprint density at radius 2 is 2.10 bits per heavy atom. The van der Waals surface area contributed by atoms with Gasteiger partial charge in [-0.2, -0.15) is 0 Å². The molecule has 2 N–H and O–H groups in total. The number of hydrogen-bond donors (Lipinski definition) is 1. The number of nitrogens with zero attached hydrogens (tertiary/aromatic N) is 3. The predicted molar refractivity (Wildman–Crippen MR) is 78.9 cm³/mol. The Morgan fingerprint density at radius 3 is 2.85 bits per heavy atom. The number of nitro groups is 1. The summed E-state index contributed by atoms with van der Waals surface area (Å²) in [6.07, 6.45) is 2.34. The zero-order chi connectivity index (χ0) is 14.3. The van der Waals surface area contributed by atoms with Crippen molar-refractivity contribution in [2.24, 2.45) is 5.92 Å². The largest absolute Gasteiger partial charge is 0.393 e. The molecule has 6 nitrogen and oxygen atoms in total. The Hall–Kier alpha value is -1.82. The number of likely N-dealkylation sites (N-methyl/N-ethyl adjacent to an activating group) is 1. The summed E-state index contributed by atoms with van der Waals surface area (Å²) in [6, 6.07) is 5.70. The van der Waals surface area contributed by atoms with Crippen LogP contribution in [-0.4, -0.2) is 42.5 Å². The highest BCUT2D eigenvalue weighted by atomic mass is 16.6. The summed E-state index contributed by atoms with van der Waals surface area (Å²) in [7, 11) is 2.14. The number of nitro benzene ring substituents is 1. The van der Waals surface area contributed by atoms with Crippen molar-refractivity contribution in [1.82, 2.24) is 4.90 Å². The molecule has 2 heterocycles. The first-order valence-electron chi connectivity index (χ1n) is 7.06. The van der Waals surface area contributed by atoms with Crippen LogP contribution in [0.2, 0.25) is 0 Å². The van der Waals surface area contributed by atoms with E-state index in [2.05, 4.69) is 16.8 Å². The van der Waals surface area contributed by atoms with Crippen LogP contribution in [0.15, 0.2) is 18.2 Å². The van der Waals surface area contributed by atoms with E-state index in [4.69, 9.17) is 5.73 Å². The number of likely N-dealkylation sites (tertiary alicyclic amines) is 1. The number of piperidine rings is 1. The summed E-state index contributed by atoms with van der Waals surface area (Å²) >= 11 is 0. The first kappa shape index (κ1) is 13.2. The van der Waals surface area contributed by atoms with Gasteiger partial charge in [-0.1, -0.05) is 6.07 Å². The minimum atomic E-state index is -0.366. The summed E-state index contributed by atoms with van der Waals surface area (Å²) in [5.74, 6) is 0.733. The van der Waals surface area contributed by atoms with Crippen molar-refractivity contribution in [3.63, 3.8) is 0 Å². The van der Waals surface area contributed by atoms with E-state index < -0.39 is 0 Å². The summed E-state index contributed by atoms with van der Waals surface area (Å²) in [5, 5.41) is 11.3. The van der Waals surface area contributed by atoms with Gasteiger partial charge >= 0.3 is 5.69 Å². The van der Waals surface area contributed by atoms with Crippen molar-refractivity contribution < 1.29 is 4.92 Å². The van der Waals surface area contributed by atoms with Gasteiger partial charge in [-0.05, 0) is 44.5 Å². The number of hydrogen-bond acceptors (Lipinski definition) is 5. The molecule has 2 saturated heterocycles. The topological polar surface area (TPSA) is 75.6 Å². The minimum absolute atomic E-state index is 0.0478. The number of anilines is 2. The van der Waals surface area contributed by atoms with Crippen LogP contribution in [0, 0.1) is 16.0 Å². The normalized spacial score (nSPS) is 26.6. The van der Waals surface area contributed by atoms with Gasteiger partial charge in [0.1, 0.15) is 11.4 Å². The maximum atomic E-state index is 11.3. The van der Waals surface area contributed by atoms with E-state index in [0.717, 1.165) is 32.0 Å². The van der Waals surface area contributed by atoms with Gasteiger partial charge in [-0.3, -0.25) is 10.1 Å². The van der Waals surface area contributed by atoms with Crippen molar-refractivity contribution in [3.05, 3.63) is 28.3 Å². The lowest BCUT2D eigenvalue weighted by atomic mass is 9.92. The molecule has 0 spiro atoms. The molecule has 2 fully saturated rings. The molecular weight excluding hydrogens is 256 g/mol. The maximum Gasteiger partial charge on any atom is 0.315 e. The molecule has 0 aliphatic carbocycles. The molecule has 0 aromatic heterocycles. The van der Waals surface area contributed by atoms with Crippen molar-refractivity contribution in [2.45, 2.75) is 18.9 Å². The average molecular weight is 276 g/mol. The molecule has 0 bridgehead atoms. The van der Waals surface area contributed by atoms with Gasteiger partial charge in [-0.25, -0.2) is 0 Å². The Kier molecular flexibility index (Phi) is 3.25. The van der Waals surface area contributed by atoms with Crippen LogP contribution in [-0.2, 0) is 0 Å². The zero-order valence-corrected chi connectivity index (χ0v) is 11.7. The van der Waals surface area contributed by atoms with Crippen LogP contribution >= 0.6 is 0 Å². The smallest absolute Gasteiger partial charge is 0.315 e. The molecule has 0 saturated carbocycles.